The molecular formula is C38H39N9O3S. The number of anilines is 2. The minimum atomic E-state index is -0.423. The summed E-state index contributed by atoms with van der Waals surface area (Å²) in [6.45, 7) is 8.00. The van der Waals surface area contributed by atoms with E-state index in [1.54, 1.807) is 23.0 Å². The minimum Gasteiger partial charge on any atom is -0.461 e. The summed E-state index contributed by atoms with van der Waals surface area (Å²) in [4.78, 5) is 35.4. The van der Waals surface area contributed by atoms with Crippen molar-refractivity contribution in [2.45, 2.75) is 19.0 Å². The van der Waals surface area contributed by atoms with Gasteiger partial charge in [-0.3, -0.25) is 9.69 Å². The summed E-state index contributed by atoms with van der Waals surface area (Å²) in [5.74, 6) is 0.557. The highest BCUT2D eigenvalue weighted by molar-refractivity contribution is 7.99. The fraction of sp³-hybridized carbons (Fsp3) is 0.263. The molecule has 1 fully saturated rings. The zero-order valence-electron chi connectivity index (χ0n) is 28.8. The van der Waals surface area contributed by atoms with E-state index < -0.39 is 5.97 Å². The number of carbonyl (C=O) groups excluding carboxylic acids is 2. The molecule has 4 heterocycles. The van der Waals surface area contributed by atoms with Crippen molar-refractivity contribution in [3.63, 3.8) is 0 Å². The number of aryl methyl sites for hydroxylation is 3. The molecule has 0 radical (unpaired) electrons. The van der Waals surface area contributed by atoms with Gasteiger partial charge in [-0.1, -0.05) is 78.5 Å². The van der Waals surface area contributed by atoms with Crippen molar-refractivity contribution in [3.8, 4) is 22.4 Å². The Morgan fingerprint density at radius 3 is 2.33 bits per heavy atom. The molecule has 0 unspecified atom stereocenters. The van der Waals surface area contributed by atoms with Gasteiger partial charge in [0.15, 0.2) is 10.8 Å². The number of aromatic nitrogens is 6. The number of rotatable bonds is 11. The van der Waals surface area contributed by atoms with Crippen LogP contribution in [0.5, 0.6) is 0 Å². The first-order valence-corrected chi connectivity index (χ1v) is 17.9. The van der Waals surface area contributed by atoms with E-state index >= 15 is 0 Å². The van der Waals surface area contributed by atoms with Crippen LogP contribution in [-0.4, -0.2) is 91.2 Å². The predicted octanol–water partition coefficient (Wildman–Crippen LogP) is 5.52. The van der Waals surface area contributed by atoms with Crippen LogP contribution in [0.2, 0.25) is 0 Å². The Kier molecular flexibility index (Phi) is 10.1. The number of hydrogen-bond donors (Lipinski definition) is 1. The van der Waals surface area contributed by atoms with Crippen molar-refractivity contribution in [2.75, 3.05) is 55.3 Å². The Labute approximate surface area is 300 Å². The first kappa shape index (κ1) is 33.9. The van der Waals surface area contributed by atoms with E-state index in [4.69, 9.17) is 14.8 Å². The molecule has 7 rings (SSSR count). The van der Waals surface area contributed by atoms with Gasteiger partial charge >= 0.3 is 5.97 Å². The number of benzene rings is 3. The molecular weight excluding hydrogens is 663 g/mol. The number of carbonyl (C=O) groups is 2. The summed E-state index contributed by atoms with van der Waals surface area (Å²) in [5.41, 5.74) is 7.68. The second-order valence-electron chi connectivity index (χ2n) is 12.5. The topological polar surface area (TPSA) is 123 Å². The van der Waals surface area contributed by atoms with E-state index in [1.807, 2.05) is 67.9 Å². The first-order chi connectivity index (χ1) is 24.8. The summed E-state index contributed by atoms with van der Waals surface area (Å²) < 4.78 is 9.42. The van der Waals surface area contributed by atoms with Crippen LogP contribution in [0, 0.1) is 13.8 Å². The maximum atomic E-state index is 13.0. The second kappa shape index (κ2) is 15.2. The molecule has 51 heavy (non-hydrogen) atoms. The SMILES string of the molecule is Cc1ccc(C(=O)OCCN2CCN(c3cc(-c4ccccc4)nc4c(-c5ccccc5)c(C)nn34)CC2)cc1NC(=O)CSc1nncn1C. The van der Waals surface area contributed by atoms with Gasteiger partial charge in [0.2, 0.25) is 5.91 Å². The fourth-order valence-electron chi connectivity index (χ4n) is 6.19. The zero-order chi connectivity index (χ0) is 35.3. The normalized spacial score (nSPS) is 13.4. The van der Waals surface area contributed by atoms with Crippen LogP contribution in [0.1, 0.15) is 21.6 Å². The molecule has 1 aliphatic heterocycles. The van der Waals surface area contributed by atoms with Gasteiger partial charge in [0, 0.05) is 62.7 Å². The molecule has 0 atom stereocenters. The Morgan fingerprint density at radius 2 is 1.63 bits per heavy atom. The Hall–Kier alpha value is -5.53. The fourth-order valence-corrected chi connectivity index (χ4v) is 6.88. The van der Waals surface area contributed by atoms with E-state index in [0.29, 0.717) is 23.0 Å². The van der Waals surface area contributed by atoms with Crippen LogP contribution in [0.4, 0.5) is 11.5 Å². The molecule has 0 bridgehead atoms. The molecule has 0 saturated carbocycles. The summed E-state index contributed by atoms with van der Waals surface area (Å²) in [5, 5.41) is 16.4. The van der Waals surface area contributed by atoms with Gasteiger partial charge in [-0.25, -0.2) is 9.78 Å². The molecule has 0 aliphatic carbocycles. The zero-order valence-corrected chi connectivity index (χ0v) is 29.6. The maximum absolute atomic E-state index is 13.0. The molecule has 1 N–H and O–H groups in total. The summed E-state index contributed by atoms with van der Waals surface area (Å²) in [7, 11) is 1.82. The van der Waals surface area contributed by atoms with Crippen LogP contribution in [0.25, 0.3) is 28.0 Å². The highest BCUT2D eigenvalue weighted by Gasteiger charge is 2.24. The molecule has 260 valence electrons. The predicted molar refractivity (Wildman–Crippen MR) is 199 cm³/mol. The molecule has 3 aromatic carbocycles. The quantitative estimate of drug-likeness (QED) is 0.137. The standard InChI is InChI=1S/C38H39N9O3S/c1-26-14-15-30(22-31(26)40-33(48)24-51-38-42-39-25-44(38)3)37(49)50-21-20-45-16-18-46(19-17-45)34-23-32(28-10-6-4-7-11-28)41-36-35(27(2)43-47(34)36)29-12-8-5-9-13-29/h4-15,22-23,25H,16-21,24H2,1-3H3,(H,40,48). The Bertz CT molecular complexity index is 2160. The van der Waals surface area contributed by atoms with Crippen LogP contribution in [-0.2, 0) is 16.6 Å². The lowest BCUT2D eigenvalue weighted by Crippen LogP contribution is -2.48. The van der Waals surface area contributed by atoms with Crippen molar-refractivity contribution in [1.82, 2.24) is 34.3 Å². The molecule has 0 spiro atoms. The monoisotopic (exact) mass is 701 g/mol. The van der Waals surface area contributed by atoms with Crippen molar-refractivity contribution in [2.24, 2.45) is 7.05 Å². The lowest BCUT2D eigenvalue weighted by atomic mass is 10.1. The van der Waals surface area contributed by atoms with Gasteiger partial charge in [0.1, 0.15) is 18.8 Å². The van der Waals surface area contributed by atoms with E-state index in [1.165, 1.54) is 11.8 Å². The molecule has 12 nitrogen and oxygen atoms in total. The van der Waals surface area contributed by atoms with E-state index in [9.17, 15) is 9.59 Å². The number of amides is 1. The third-order valence-corrected chi connectivity index (χ3v) is 10.00. The highest BCUT2D eigenvalue weighted by atomic mass is 32.2. The van der Waals surface area contributed by atoms with Crippen molar-refractivity contribution < 1.29 is 14.3 Å². The van der Waals surface area contributed by atoms with Crippen molar-refractivity contribution in [1.29, 1.82) is 0 Å². The van der Waals surface area contributed by atoms with Gasteiger partial charge in [0.05, 0.1) is 22.7 Å². The number of piperazine rings is 1. The maximum Gasteiger partial charge on any atom is 0.338 e. The van der Waals surface area contributed by atoms with Gasteiger partial charge in [0.25, 0.3) is 0 Å². The minimum absolute atomic E-state index is 0.171. The van der Waals surface area contributed by atoms with Crippen LogP contribution in [0.3, 0.4) is 0 Å². The molecule has 1 aliphatic rings. The van der Waals surface area contributed by atoms with Crippen LogP contribution in [0.15, 0.2) is 96.4 Å². The van der Waals surface area contributed by atoms with Crippen molar-refractivity contribution >= 4 is 40.8 Å². The average Bonchev–Trinajstić information content (AvgIpc) is 3.73. The lowest BCUT2D eigenvalue weighted by Gasteiger charge is -2.36. The lowest BCUT2D eigenvalue weighted by molar-refractivity contribution is -0.113. The molecule has 3 aromatic heterocycles. The summed E-state index contributed by atoms with van der Waals surface area (Å²) in [6.07, 6.45) is 1.59. The highest BCUT2D eigenvalue weighted by Crippen LogP contribution is 2.33. The number of fused-ring (bicyclic) bond motifs is 1. The molecule has 1 saturated heterocycles. The number of nitrogens with zero attached hydrogens (tertiary/aromatic N) is 8. The number of thioether (sulfide) groups is 1. The van der Waals surface area contributed by atoms with E-state index in [-0.39, 0.29) is 18.3 Å². The third-order valence-electron chi connectivity index (χ3n) is 8.96. The van der Waals surface area contributed by atoms with E-state index in [0.717, 1.165) is 71.3 Å². The number of esters is 1. The third kappa shape index (κ3) is 7.64. The molecule has 1 amide bonds. The largest absolute Gasteiger partial charge is 0.461 e. The summed E-state index contributed by atoms with van der Waals surface area (Å²) in [6, 6.07) is 27.9. The number of nitrogens with one attached hydrogen (secondary N) is 1. The Balaban J connectivity index is 0.976. The number of hydrogen-bond acceptors (Lipinski definition) is 10. The van der Waals surface area contributed by atoms with Crippen LogP contribution < -0.4 is 10.2 Å². The van der Waals surface area contributed by atoms with Gasteiger partial charge in [-0.2, -0.15) is 9.61 Å². The average molecular weight is 702 g/mol. The number of ether oxygens (including phenoxy) is 1. The smallest absolute Gasteiger partial charge is 0.338 e. The molecule has 13 heteroatoms. The first-order valence-electron chi connectivity index (χ1n) is 16.9. The summed E-state index contributed by atoms with van der Waals surface area (Å²) >= 11 is 1.29. The van der Waals surface area contributed by atoms with Gasteiger partial charge < -0.3 is 19.5 Å². The van der Waals surface area contributed by atoms with Crippen molar-refractivity contribution in [3.05, 3.63) is 108 Å². The van der Waals surface area contributed by atoms with Crippen LogP contribution >= 0.6 is 11.8 Å². The van der Waals surface area contributed by atoms with Gasteiger partial charge in [-0.05, 0) is 37.1 Å². The Morgan fingerprint density at radius 1 is 0.902 bits per heavy atom. The second-order valence-corrected chi connectivity index (χ2v) is 13.4. The van der Waals surface area contributed by atoms with Gasteiger partial charge in [-0.15, -0.1) is 10.2 Å². The van der Waals surface area contributed by atoms with E-state index in [2.05, 4.69) is 55.6 Å². The molecule has 6 aromatic rings.